The minimum Gasteiger partial charge on any atom is -0.465 e. The summed E-state index contributed by atoms with van der Waals surface area (Å²) in [6, 6.07) is 17.6. The second-order valence-corrected chi connectivity index (χ2v) is 7.48. The van der Waals surface area contributed by atoms with Crippen LogP contribution in [-0.2, 0) is 11.3 Å². The Kier molecular flexibility index (Phi) is 6.15. The number of aromatic nitrogens is 2. The van der Waals surface area contributed by atoms with E-state index in [1.54, 1.807) is 36.4 Å². The maximum Gasteiger partial charge on any atom is 0.573 e. The van der Waals surface area contributed by atoms with Crippen molar-refractivity contribution in [1.29, 1.82) is 0 Å². The van der Waals surface area contributed by atoms with Crippen LogP contribution in [0.2, 0.25) is 5.02 Å². The smallest absolute Gasteiger partial charge is 0.465 e. The van der Waals surface area contributed by atoms with Crippen LogP contribution in [0, 0.1) is 0 Å². The molecule has 4 rings (SSSR count). The minimum atomic E-state index is -4.76. The lowest BCUT2D eigenvalue weighted by molar-refractivity contribution is -0.274. The number of methoxy groups -OCH3 is 1. The number of nitrogens with zero attached hydrogens (tertiary/aromatic N) is 2. The Morgan fingerprint density at radius 2 is 1.76 bits per heavy atom. The Balaban J connectivity index is 1.64. The lowest BCUT2D eigenvalue weighted by Gasteiger charge is -2.13. The number of esters is 1. The van der Waals surface area contributed by atoms with Crippen LogP contribution in [0.15, 0.2) is 66.7 Å². The van der Waals surface area contributed by atoms with Crippen molar-refractivity contribution in [2.75, 3.05) is 12.4 Å². The summed E-state index contributed by atoms with van der Waals surface area (Å²) < 4.78 is 47.7. The largest absolute Gasteiger partial charge is 0.573 e. The lowest BCUT2D eigenvalue weighted by atomic mass is 10.1. The molecule has 0 fully saturated rings. The highest BCUT2D eigenvalue weighted by Gasteiger charge is 2.31. The van der Waals surface area contributed by atoms with E-state index in [9.17, 15) is 18.0 Å². The van der Waals surface area contributed by atoms with Crippen LogP contribution in [0.4, 0.5) is 24.8 Å². The zero-order chi connectivity index (χ0) is 23.6. The summed E-state index contributed by atoms with van der Waals surface area (Å²) in [6.45, 7) is 0.414. The molecule has 1 N–H and O–H groups in total. The number of carbonyl (C=O) groups excluding carboxylic acids is 1. The van der Waals surface area contributed by atoms with E-state index in [0.29, 0.717) is 34.3 Å². The van der Waals surface area contributed by atoms with Crippen LogP contribution in [0.25, 0.3) is 11.0 Å². The average Bonchev–Trinajstić information content (AvgIpc) is 3.10. The van der Waals surface area contributed by atoms with Crippen LogP contribution in [-0.4, -0.2) is 29.0 Å². The van der Waals surface area contributed by atoms with Crippen LogP contribution < -0.4 is 10.1 Å². The van der Waals surface area contributed by atoms with Crippen molar-refractivity contribution in [2.45, 2.75) is 12.9 Å². The van der Waals surface area contributed by atoms with Crippen molar-refractivity contribution < 1.29 is 27.4 Å². The van der Waals surface area contributed by atoms with Crippen LogP contribution in [0.5, 0.6) is 5.75 Å². The Bertz CT molecular complexity index is 1290. The second-order valence-electron chi connectivity index (χ2n) is 7.04. The monoisotopic (exact) mass is 475 g/mol. The highest BCUT2D eigenvalue weighted by atomic mass is 35.5. The van der Waals surface area contributed by atoms with E-state index >= 15 is 0 Å². The van der Waals surface area contributed by atoms with Crippen molar-refractivity contribution in [2.24, 2.45) is 0 Å². The van der Waals surface area contributed by atoms with Crippen molar-refractivity contribution in [3.63, 3.8) is 0 Å². The molecule has 0 unspecified atom stereocenters. The zero-order valence-electron chi connectivity index (χ0n) is 17.2. The van der Waals surface area contributed by atoms with E-state index in [-0.39, 0.29) is 5.75 Å². The summed E-state index contributed by atoms with van der Waals surface area (Å²) in [4.78, 5) is 16.3. The van der Waals surface area contributed by atoms with Gasteiger partial charge in [0.15, 0.2) is 0 Å². The fraction of sp³-hybridized carbons (Fsp3) is 0.130. The molecule has 0 saturated heterocycles. The second kappa shape index (κ2) is 9.03. The van der Waals surface area contributed by atoms with Gasteiger partial charge in [-0.2, -0.15) is 0 Å². The molecule has 6 nitrogen and oxygen atoms in total. The van der Waals surface area contributed by atoms with Gasteiger partial charge in [0.25, 0.3) is 0 Å². The number of anilines is 2. The van der Waals surface area contributed by atoms with E-state index in [0.717, 1.165) is 11.1 Å². The summed E-state index contributed by atoms with van der Waals surface area (Å²) in [5.74, 6) is -0.280. The van der Waals surface area contributed by atoms with Gasteiger partial charge in [0.05, 0.1) is 30.3 Å². The van der Waals surface area contributed by atoms with E-state index in [1.165, 1.54) is 31.4 Å². The fourth-order valence-corrected chi connectivity index (χ4v) is 3.44. The van der Waals surface area contributed by atoms with Gasteiger partial charge in [-0.25, -0.2) is 9.78 Å². The number of nitrogens with one attached hydrogen (secondary N) is 1. The first-order valence-electron chi connectivity index (χ1n) is 9.68. The number of hydrogen-bond donors (Lipinski definition) is 1. The van der Waals surface area contributed by atoms with Gasteiger partial charge < -0.3 is 19.4 Å². The molecule has 0 amide bonds. The molecule has 10 heteroatoms. The van der Waals surface area contributed by atoms with Gasteiger partial charge in [-0.3, -0.25) is 0 Å². The van der Waals surface area contributed by atoms with Gasteiger partial charge in [0.1, 0.15) is 5.75 Å². The van der Waals surface area contributed by atoms with Crippen molar-refractivity contribution >= 4 is 40.2 Å². The standard InChI is InChI=1S/C23H17ClF3N3O3/c1-32-21(31)15-4-2-14(3-5-15)13-30-20-11-6-16(24)12-19(20)29-22(30)28-17-7-9-18(10-8-17)33-23(25,26)27/h2-12H,13H2,1H3,(H,28,29). The van der Waals surface area contributed by atoms with Gasteiger partial charge in [-0.1, -0.05) is 23.7 Å². The maximum atomic E-state index is 12.4. The predicted octanol–water partition coefficient (Wildman–Crippen LogP) is 6.17. The van der Waals surface area contributed by atoms with Crippen LogP contribution >= 0.6 is 11.6 Å². The molecule has 0 aliphatic rings. The number of carbonyl (C=O) groups is 1. The predicted molar refractivity (Wildman–Crippen MR) is 118 cm³/mol. The van der Waals surface area contributed by atoms with Crippen molar-refractivity contribution in [3.05, 3.63) is 82.9 Å². The summed E-state index contributed by atoms with van der Waals surface area (Å²) in [7, 11) is 1.32. The first-order chi connectivity index (χ1) is 15.7. The molecule has 0 spiro atoms. The number of imidazole rings is 1. The summed E-state index contributed by atoms with van der Waals surface area (Å²) in [6.07, 6.45) is -4.76. The van der Waals surface area contributed by atoms with E-state index < -0.39 is 12.3 Å². The molecule has 0 aliphatic heterocycles. The molecule has 0 aliphatic carbocycles. The zero-order valence-corrected chi connectivity index (χ0v) is 17.9. The molecule has 170 valence electrons. The lowest BCUT2D eigenvalue weighted by Crippen LogP contribution is -2.17. The highest BCUT2D eigenvalue weighted by molar-refractivity contribution is 6.31. The number of rotatable bonds is 6. The summed E-state index contributed by atoms with van der Waals surface area (Å²) in [5, 5.41) is 3.65. The highest BCUT2D eigenvalue weighted by Crippen LogP contribution is 2.28. The molecule has 0 atom stereocenters. The number of halogens is 4. The quantitative estimate of drug-likeness (QED) is 0.338. The van der Waals surface area contributed by atoms with Crippen LogP contribution in [0.1, 0.15) is 15.9 Å². The normalized spacial score (nSPS) is 11.4. The fourth-order valence-electron chi connectivity index (χ4n) is 3.27. The molecular weight excluding hydrogens is 459 g/mol. The third kappa shape index (κ3) is 5.38. The topological polar surface area (TPSA) is 65.4 Å². The van der Waals surface area contributed by atoms with Crippen molar-refractivity contribution in [1.82, 2.24) is 9.55 Å². The Morgan fingerprint density at radius 1 is 1.06 bits per heavy atom. The Labute approximate surface area is 191 Å². The van der Waals surface area contributed by atoms with Gasteiger partial charge in [-0.05, 0) is 60.2 Å². The molecular formula is C23H17ClF3N3O3. The molecule has 0 radical (unpaired) electrons. The molecule has 1 heterocycles. The van der Waals surface area contributed by atoms with Gasteiger partial charge >= 0.3 is 12.3 Å². The van der Waals surface area contributed by atoms with Gasteiger partial charge in [0.2, 0.25) is 5.95 Å². The van der Waals surface area contributed by atoms with E-state index in [2.05, 4.69) is 15.0 Å². The first-order valence-corrected chi connectivity index (χ1v) is 10.1. The van der Waals surface area contributed by atoms with Crippen molar-refractivity contribution in [3.8, 4) is 5.75 Å². The molecule has 4 aromatic rings. The SMILES string of the molecule is COC(=O)c1ccc(Cn2c(Nc3ccc(OC(F)(F)F)cc3)nc3cc(Cl)ccc32)cc1. The molecule has 0 saturated carbocycles. The number of fused-ring (bicyclic) bond motifs is 1. The third-order valence-electron chi connectivity index (χ3n) is 4.77. The summed E-state index contributed by atoms with van der Waals surface area (Å²) >= 11 is 6.11. The van der Waals surface area contributed by atoms with Crippen LogP contribution in [0.3, 0.4) is 0 Å². The maximum absolute atomic E-state index is 12.4. The number of alkyl halides is 3. The molecule has 0 bridgehead atoms. The number of benzene rings is 3. The summed E-state index contributed by atoms with van der Waals surface area (Å²) in [5.41, 5.74) is 3.30. The molecule has 33 heavy (non-hydrogen) atoms. The first kappa shape index (κ1) is 22.5. The number of ether oxygens (including phenoxy) is 2. The Morgan fingerprint density at radius 3 is 2.39 bits per heavy atom. The third-order valence-corrected chi connectivity index (χ3v) is 5.01. The average molecular weight is 476 g/mol. The van der Waals surface area contributed by atoms with Gasteiger partial charge in [-0.15, -0.1) is 13.2 Å². The minimum absolute atomic E-state index is 0.320. The van der Waals surface area contributed by atoms with E-state index in [4.69, 9.17) is 16.3 Å². The number of hydrogen-bond acceptors (Lipinski definition) is 5. The molecule has 3 aromatic carbocycles. The molecule has 1 aromatic heterocycles. The van der Waals surface area contributed by atoms with E-state index in [1.807, 2.05) is 10.6 Å². The van der Waals surface area contributed by atoms with Gasteiger partial charge in [0, 0.05) is 10.7 Å². The Hall–Kier alpha value is -3.72.